The summed E-state index contributed by atoms with van der Waals surface area (Å²) in [4.78, 5) is 11.6. The minimum Gasteiger partial charge on any atom is -0.508 e. The van der Waals surface area contributed by atoms with Crippen molar-refractivity contribution in [1.29, 1.82) is 0 Å². The molecule has 0 spiro atoms. The fourth-order valence-corrected chi connectivity index (χ4v) is 2.44. The summed E-state index contributed by atoms with van der Waals surface area (Å²) in [7, 11) is 0. The van der Waals surface area contributed by atoms with Crippen LogP contribution < -0.4 is 4.74 Å². The number of phenolic OH excluding ortho intramolecular Hbond substituents is 1. The first-order valence-corrected chi connectivity index (χ1v) is 8.22. The van der Waals surface area contributed by atoms with Crippen molar-refractivity contribution in [1.82, 2.24) is 0 Å². The fourth-order valence-electron chi connectivity index (χ4n) is 2.04. The first-order valence-electron chi connectivity index (χ1n) is 7.43. The molecule has 5 nitrogen and oxygen atoms in total. The van der Waals surface area contributed by atoms with Crippen molar-refractivity contribution in [3.63, 3.8) is 0 Å². The van der Waals surface area contributed by atoms with Crippen LogP contribution in [0.25, 0.3) is 0 Å². The lowest BCUT2D eigenvalue weighted by Crippen LogP contribution is -2.42. The molecule has 2 N–H and O–H groups in total. The van der Waals surface area contributed by atoms with E-state index in [2.05, 4.69) is 15.9 Å². The van der Waals surface area contributed by atoms with Gasteiger partial charge in [-0.1, -0.05) is 34.1 Å². The van der Waals surface area contributed by atoms with E-state index < -0.39 is 11.6 Å². The molecule has 0 bridgehead atoms. The van der Waals surface area contributed by atoms with Crippen LogP contribution in [0.5, 0.6) is 11.5 Å². The molecule has 0 saturated heterocycles. The molecule has 128 valence electrons. The molecule has 1 unspecified atom stereocenters. The number of carbonyl (C=O) groups is 1. The van der Waals surface area contributed by atoms with Crippen molar-refractivity contribution >= 4 is 21.9 Å². The highest BCUT2D eigenvalue weighted by molar-refractivity contribution is 9.10. The van der Waals surface area contributed by atoms with E-state index >= 15 is 0 Å². The molecule has 1 atom stereocenters. The molecule has 0 radical (unpaired) electrons. The van der Waals surface area contributed by atoms with Crippen LogP contribution in [-0.2, 0) is 16.1 Å². The highest BCUT2D eigenvalue weighted by Gasteiger charge is 2.35. The number of benzene rings is 2. The zero-order valence-corrected chi connectivity index (χ0v) is 14.8. The maximum Gasteiger partial charge on any atom is 0.347 e. The Morgan fingerprint density at radius 3 is 2.46 bits per heavy atom. The molecule has 0 saturated carbocycles. The Hall–Kier alpha value is -2.05. The number of halogens is 1. The number of carboxylic acids is 1. The molecule has 6 heteroatoms. The number of rotatable bonds is 8. The number of ether oxygens (including phenoxy) is 2. The third-order valence-corrected chi connectivity index (χ3v) is 4.34. The van der Waals surface area contributed by atoms with Gasteiger partial charge in [0, 0.05) is 10.9 Å². The van der Waals surface area contributed by atoms with Gasteiger partial charge in [0.15, 0.2) is 0 Å². The Morgan fingerprint density at radius 2 is 1.83 bits per heavy atom. The van der Waals surface area contributed by atoms with E-state index in [4.69, 9.17) is 9.47 Å². The average Bonchev–Trinajstić information content (AvgIpc) is 2.55. The molecule has 0 fully saturated rings. The number of aromatic hydroxyl groups is 1. The first kappa shape index (κ1) is 18.3. The van der Waals surface area contributed by atoms with Gasteiger partial charge in [0.25, 0.3) is 0 Å². The zero-order chi connectivity index (χ0) is 17.6. The summed E-state index contributed by atoms with van der Waals surface area (Å²) in [5.41, 5.74) is -0.417. The Bertz CT molecular complexity index is 686. The second-order valence-corrected chi connectivity index (χ2v) is 6.38. The standard InChI is InChI=1S/C18H19BrO5/c1-18(17(21)22,24-15-8-6-14(20)7-9-15)10-11-23-12-13-4-2-3-5-16(13)19/h2-9,20H,10-12H2,1H3,(H,21,22). The lowest BCUT2D eigenvalue weighted by Gasteiger charge is -2.26. The number of aliphatic carboxylic acids is 1. The quantitative estimate of drug-likeness (QED) is 0.662. The Balaban J connectivity index is 1.91. The van der Waals surface area contributed by atoms with Gasteiger partial charge in [0.2, 0.25) is 5.60 Å². The van der Waals surface area contributed by atoms with Crippen molar-refractivity contribution in [3.05, 3.63) is 58.6 Å². The van der Waals surface area contributed by atoms with E-state index in [9.17, 15) is 15.0 Å². The van der Waals surface area contributed by atoms with Gasteiger partial charge in [0.05, 0.1) is 13.2 Å². The van der Waals surface area contributed by atoms with Gasteiger partial charge in [-0.2, -0.15) is 0 Å². The molecule has 0 aliphatic rings. The summed E-state index contributed by atoms with van der Waals surface area (Å²) in [5.74, 6) is -0.597. The topological polar surface area (TPSA) is 76.0 Å². The monoisotopic (exact) mass is 394 g/mol. The third kappa shape index (κ3) is 4.97. The fraction of sp³-hybridized carbons (Fsp3) is 0.278. The van der Waals surface area contributed by atoms with Gasteiger partial charge in [-0.3, -0.25) is 0 Å². The molecule has 2 rings (SSSR count). The van der Waals surface area contributed by atoms with Gasteiger partial charge < -0.3 is 19.7 Å². The van der Waals surface area contributed by atoms with Crippen LogP contribution >= 0.6 is 15.9 Å². The van der Waals surface area contributed by atoms with E-state index in [1.165, 1.54) is 31.2 Å². The van der Waals surface area contributed by atoms with Crippen LogP contribution in [0.15, 0.2) is 53.0 Å². The molecule has 0 aliphatic carbocycles. The molecule has 2 aromatic rings. The molecular formula is C18H19BrO5. The van der Waals surface area contributed by atoms with E-state index in [0.29, 0.717) is 12.4 Å². The van der Waals surface area contributed by atoms with E-state index in [1.807, 2.05) is 24.3 Å². The minimum atomic E-state index is -1.41. The predicted octanol–water partition coefficient (Wildman–Crippen LogP) is 3.98. The largest absolute Gasteiger partial charge is 0.508 e. The van der Waals surface area contributed by atoms with Gasteiger partial charge >= 0.3 is 5.97 Å². The van der Waals surface area contributed by atoms with E-state index in [1.54, 1.807) is 0 Å². The summed E-state index contributed by atoms with van der Waals surface area (Å²) in [6, 6.07) is 13.6. The second kappa shape index (κ2) is 8.17. The SMILES string of the molecule is CC(CCOCc1ccccc1Br)(Oc1ccc(O)cc1)C(=O)O. The van der Waals surface area contributed by atoms with Crippen molar-refractivity contribution in [2.75, 3.05) is 6.61 Å². The van der Waals surface area contributed by atoms with Crippen LogP contribution in [0.3, 0.4) is 0 Å². The van der Waals surface area contributed by atoms with Crippen LogP contribution in [0.4, 0.5) is 0 Å². The van der Waals surface area contributed by atoms with Crippen molar-refractivity contribution < 1.29 is 24.5 Å². The van der Waals surface area contributed by atoms with Crippen LogP contribution in [0, 0.1) is 0 Å². The van der Waals surface area contributed by atoms with Crippen LogP contribution in [0.1, 0.15) is 18.9 Å². The lowest BCUT2D eigenvalue weighted by atomic mass is 10.0. The number of carboxylic acid groups (broad SMARTS) is 1. The molecule has 0 heterocycles. The summed E-state index contributed by atoms with van der Waals surface area (Å²) in [5, 5.41) is 18.7. The molecule has 0 aromatic heterocycles. The summed E-state index contributed by atoms with van der Waals surface area (Å²) >= 11 is 3.44. The van der Waals surface area contributed by atoms with Crippen molar-refractivity contribution in [3.8, 4) is 11.5 Å². The van der Waals surface area contributed by atoms with Gasteiger partial charge in [0.1, 0.15) is 11.5 Å². The summed E-state index contributed by atoms with van der Waals surface area (Å²) in [6.07, 6.45) is 0.188. The smallest absolute Gasteiger partial charge is 0.347 e. The highest BCUT2D eigenvalue weighted by Crippen LogP contribution is 2.24. The molecule has 0 aliphatic heterocycles. The number of phenols is 1. The molecular weight excluding hydrogens is 376 g/mol. The van der Waals surface area contributed by atoms with Gasteiger partial charge in [-0.25, -0.2) is 4.79 Å². The first-order chi connectivity index (χ1) is 11.4. The third-order valence-electron chi connectivity index (χ3n) is 3.57. The minimum absolute atomic E-state index is 0.0937. The summed E-state index contributed by atoms with van der Waals surface area (Å²) < 4.78 is 12.1. The van der Waals surface area contributed by atoms with Crippen molar-refractivity contribution in [2.24, 2.45) is 0 Å². The summed E-state index contributed by atoms with van der Waals surface area (Å²) in [6.45, 7) is 2.13. The molecule has 0 amide bonds. The van der Waals surface area contributed by atoms with E-state index in [0.717, 1.165) is 10.0 Å². The predicted molar refractivity (Wildman–Crippen MR) is 93.2 cm³/mol. The van der Waals surface area contributed by atoms with Crippen LogP contribution in [-0.4, -0.2) is 28.4 Å². The Kier molecular flexibility index (Phi) is 6.23. The normalized spacial score (nSPS) is 13.2. The Labute approximate surface area is 149 Å². The maximum atomic E-state index is 11.6. The second-order valence-electron chi connectivity index (χ2n) is 5.53. The van der Waals surface area contributed by atoms with Gasteiger partial charge in [-0.05, 0) is 42.8 Å². The van der Waals surface area contributed by atoms with Crippen LogP contribution in [0.2, 0.25) is 0 Å². The maximum absolute atomic E-state index is 11.6. The molecule has 2 aromatic carbocycles. The van der Waals surface area contributed by atoms with Gasteiger partial charge in [-0.15, -0.1) is 0 Å². The van der Waals surface area contributed by atoms with E-state index in [-0.39, 0.29) is 18.8 Å². The Morgan fingerprint density at radius 1 is 1.17 bits per heavy atom. The molecule has 24 heavy (non-hydrogen) atoms. The van der Waals surface area contributed by atoms with Crippen molar-refractivity contribution in [2.45, 2.75) is 25.6 Å². The number of hydrogen-bond donors (Lipinski definition) is 2. The highest BCUT2D eigenvalue weighted by atomic mass is 79.9. The average molecular weight is 395 g/mol. The lowest BCUT2D eigenvalue weighted by molar-refractivity contribution is -0.155. The number of hydrogen-bond acceptors (Lipinski definition) is 4. The zero-order valence-electron chi connectivity index (χ0n) is 13.2.